The Morgan fingerprint density at radius 2 is 1.95 bits per heavy atom. The van der Waals surface area contributed by atoms with E-state index in [1.165, 1.54) is 5.56 Å². The molecule has 0 aliphatic carbocycles. The van der Waals surface area contributed by atoms with Gasteiger partial charge in [0.2, 0.25) is 0 Å². The second-order valence-corrected chi connectivity index (χ2v) is 4.81. The Hall–Kier alpha value is -2.53. The van der Waals surface area contributed by atoms with E-state index in [0.29, 0.717) is 12.1 Å². The fourth-order valence-electron chi connectivity index (χ4n) is 2.17. The van der Waals surface area contributed by atoms with E-state index < -0.39 is 0 Å². The summed E-state index contributed by atoms with van der Waals surface area (Å²) >= 11 is 0. The molecule has 20 heavy (non-hydrogen) atoms. The first-order chi connectivity index (χ1) is 9.72. The lowest BCUT2D eigenvalue weighted by molar-refractivity contribution is 0.0951. The first kappa shape index (κ1) is 12.5. The number of carbonyl (C=O) groups excluding carboxylic acids is 1. The van der Waals surface area contributed by atoms with Gasteiger partial charge in [0.05, 0.1) is 11.4 Å². The van der Waals surface area contributed by atoms with Crippen molar-refractivity contribution in [3.63, 3.8) is 0 Å². The minimum Gasteiger partial charge on any atom is -0.348 e. The van der Waals surface area contributed by atoms with E-state index in [4.69, 9.17) is 0 Å². The first-order valence-corrected chi connectivity index (χ1v) is 6.47. The van der Waals surface area contributed by atoms with Gasteiger partial charge in [-0.15, -0.1) is 5.53 Å². The molecule has 5 nitrogen and oxygen atoms in total. The van der Waals surface area contributed by atoms with Crippen LogP contribution in [0.5, 0.6) is 0 Å². The van der Waals surface area contributed by atoms with Crippen LogP contribution in [0, 0.1) is 6.92 Å². The molecule has 1 amide bonds. The molecule has 1 aliphatic rings. The number of aryl methyl sites for hydroxylation is 1. The van der Waals surface area contributed by atoms with E-state index >= 15 is 0 Å². The van der Waals surface area contributed by atoms with Gasteiger partial charge in [0.15, 0.2) is 0 Å². The standard InChI is InChI=1S/C15H16N4O/c1-10-3-2-4-11(7-10)9-16-15(20)12-5-6-13-14(8-12)18-19-17-13/h2-8,17-19H,9H2,1H3,(H,16,20). The summed E-state index contributed by atoms with van der Waals surface area (Å²) in [7, 11) is 0. The predicted molar refractivity (Wildman–Crippen MR) is 79.2 cm³/mol. The maximum Gasteiger partial charge on any atom is 0.251 e. The summed E-state index contributed by atoms with van der Waals surface area (Å²) in [4.78, 5) is 12.1. The largest absolute Gasteiger partial charge is 0.348 e. The lowest BCUT2D eigenvalue weighted by Crippen LogP contribution is -2.22. The van der Waals surface area contributed by atoms with E-state index in [-0.39, 0.29) is 5.91 Å². The molecule has 0 saturated heterocycles. The van der Waals surface area contributed by atoms with Crippen LogP contribution in [0.2, 0.25) is 0 Å². The number of hydrazine groups is 2. The fraction of sp³-hybridized carbons (Fsp3) is 0.133. The van der Waals surface area contributed by atoms with E-state index in [9.17, 15) is 4.79 Å². The van der Waals surface area contributed by atoms with Crippen molar-refractivity contribution in [3.8, 4) is 0 Å². The molecule has 0 unspecified atom stereocenters. The van der Waals surface area contributed by atoms with Crippen molar-refractivity contribution in [2.24, 2.45) is 0 Å². The Kier molecular flexibility index (Phi) is 3.26. The van der Waals surface area contributed by atoms with Gasteiger partial charge in [0.1, 0.15) is 0 Å². The SMILES string of the molecule is Cc1cccc(CNC(=O)c2ccc3c(c2)NNN3)c1. The number of hydrogen-bond acceptors (Lipinski definition) is 4. The number of anilines is 2. The van der Waals surface area contributed by atoms with Crippen molar-refractivity contribution < 1.29 is 4.79 Å². The Balaban J connectivity index is 1.67. The van der Waals surface area contributed by atoms with Crippen LogP contribution < -0.4 is 21.7 Å². The summed E-state index contributed by atoms with van der Waals surface area (Å²) in [5.41, 5.74) is 13.4. The van der Waals surface area contributed by atoms with E-state index in [1.807, 2.05) is 37.3 Å². The highest BCUT2D eigenvalue weighted by atomic mass is 16.1. The third-order valence-corrected chi connectivity index (χ3v) is 3.21. The highest BCUT2D eigenvalue weighted by molar-refractivity contribution is 5.96. The van der Waals surface area contributed by atoms with Gasteiger partial charge < -0.3 is 16.2 Å². The van der Waals surface area contributed by atoms with Gasteiger partial charge in [-0.2, -0.15) is 0 Å². The van der Waals surface area contributed by atoms with Crippen LogP contribution in [-0.2, 0) is 6.54 Å². The van der Waals surface area contributed by atoms with Crippen LogP contribution >= 0.6 is 0 Å². The van der Waals surface area contributed by atoms with Gasteiger partial charge >= 0.3 is 0 Å². The number of amides is 1. The maximum atomic E-state index is 12.1. The summed E-state index contributed by atoms with van der Waals surface area (Å²) < 4.78 is 0. The number of hydrogen-bond donors (Lipinski definition) is 4. The van der Waals surface area contributed by atoms with Crippen molar-refractivity contribution in [2.45, 2.75) is 13.5 Å². The lowest BCUT2D eigenvalue weighted by Gasteiger charge is -2.07. The Bertz CT molecular complexity index is 654. The predicted octanol–water partition coefficient (Wildman–Crippen LogP) is 2.18. The molecular weight excluding hydrogens is 252 g/mol. The third-order valence-electron chi connectivity index (χ3n) is 3.21. The number of fused-ring (bicyclic) bond motifs is 1. The molecule has 0 spiro atoms. The van der Waals surface area contributed by atoms with Gasteiger partial charge in [-0.1, -0.05) is 29.8 Å². The Morgan fingerprint density at radius 1 is 1.10 bits per heavy atom. The molecule has 1 heterocycles. The second-order valence-electron chi connectivity index (χ2n) is 4.81. The molecule has 3 rings (SSSR count). The van der Waals surface area contributed by atoms with Crippen molar-refractivity contribution in [3.05, 3.63) is 59.2 Å². The topological polar surface area (TPSA) is 65.2 Å². The summed E-state index contributed by atoms with van der Waals surface area (Å²) in [6.45, 7) is 2.57. The van der Waals surface area contributed by atoms with Crippen LogP contribution in [0.15, 0.2) is 42.5 Å². The number of nitrogens with one attached hydrogen (secondary N) is 4. The molecule has 0 fully saturated rings. The normalized spacial score (nSPS) is 12.2. The third kappa shape index (κ3) is 2.57. The summed E-state index contributed by atoms with van der Waals surface area (Å²) in [5, 5.41) is 2.93. The fourth-order valence-corrected chi connectivity index (χ4v) is 2.17. The molecule has 4 N–H and O–H groups in total. The Morgan fingerprint density at radius 3 is 2.80 bits per heavy atom. The molecule has 2 aromatic carbocycles. The molecule has 102 valence electrons. The van der Waals surface area contributed by atoms with E-state index in [2.05, 4.69) is 27.8 Å². The number of benzene rings is 2. The van der Waals surface area contributed by atoms with Gasteiger partial charge in [-0.05, 0) is 30.7 Å². The monoisotopic (exact) mass is 268 g/mol. The van der Waals surface area contributed by atoms with Crippen molar-refractivity contribution in [2.75, 3.05) is 10.9 Å². The van der Waals surface area contributed by atoms with Crippen molar-refractivity contribution in [1.82, 2.24) is 10.9 Å². The van der Waals surface area contributed by atoms with Crippen LogP contribution in [0.3, 0.4) is 0 Å². The molecule has 0 aromatic heterocycles. The van der Waals surface area contributed by atoms with Crippen molar-refractivity contribution in [1.29, 1.82) is 0 Å². The highest BCUT2D eigenvalue weighted by Crippen LogP contribution is 2.25. The van der Waals surface area contributed by atoms with Gasteiger partial charge in [0, 0.05) is 12.1 Å². The molecule has 0 radical (unpaired) electrons. The number of rotatable bonds is 3. The van der Waals surface area contributed by atoms with E-state index in [0.717, 1.165) is 16.9 Å². The zero-order valence-electron chi connectivity index (χ0n) is 11.2. The molecule has 5 heteroatoms. The molecule has 2 aromatic rings. The first-order valence-electron chi connectivity index (χ1n) is 6.47. The smallest absolute Gasteiger partial charge is 0.251 e. The summed E-state index contributed by atoms with van der Waals surface area (Å²) in [6.07, 6.45) is 0. The minimum atomic E-state index is -0.0805. The zero-order chi connectivity index (χ0) is 13.9. The lowest BCUT2D eigenvalue weighted by atomic mass is 10.1. The average Bonchev–Trinajstić information content (AvgIpc) is 2.92. The second kappa shape index (κ2) is 5.22. The molecule has 0 bridgehead atoms. The molecule has 0 saturated carbocycles. The number of carbonyl (C=O) groups is 1. The minimum absolute atomic E-state index is 0.0805. The summed E-state index contributed by atoms with van der Waals surface area (Å²) in [6, 6.07) is 13.6. The molecular formula is C15H16N4O. The summed E-state index contributed by atoms with van der Waals surface area (Å²) in [5.74, 6) is -0.0805. The molecule has 0 atom stereocenters. The van der Waals surface area contributed by atoms with Gasteiger partial charge in [-0.3, -0.25) is 4.79 Å². The average molecular weight is 268 g/mol. The molecule has 1 aliphatic heterocycles. The van der Waals surface area contributed by atoms with Crippen LogP contribution in [-0.4, -0.2) is 5.91 Å². The Labute approximate surface area is 117 Å². The van der Waals surface area contributed by atoms with Crippen molar-refractivity contribution >= 4 is 17.3 Å². The van der Waals surface area contributed by atoms with Crippen LogP contribution in [0.1, 0.15) is 21.5 Å². The quantitative estimate of drug-likeness (QED) is 0.689. The highest BCUT2D eigenvalue weighted by Gasteiger charge is 2.12. The van der Waals surface area contributed by atoms with Gasteiger partial charge in [-0.25, -0.2) is 0 Å². The van der Waals surface area contributed by atoms with Crippen LogP contribution in [0.4, 0.5) is 11.4 Å². The maximum absolute atomic E-state index is 12.1. The van der Waals surface area contributed by atoms with E-state index in [1.54, 1.807) is 6.07 Å². The zero-order valence-corrected chi connectivity index (χ0v) is 11.2. The van der Waals surface area contributed by atoms with Gasteiger partial charge in [0.25, 0.3) is 5.91 Å². The van der Waals surface area contributed by atoms with Crippen LogP contribution in [0.25, 0.3) is 0 Å².